The second kappa shape index (κ2) is 3.58. The van der Waals surface area contributed by atoms with Crippen LogP contribution >= 0.6 is 0 Å². The van der Waals surface area contributed by atoms with Crippen LogP contribution in [0.15, 0.2) is 12.3 Å². The minimum atomic E-state index is -0.492. The minimum absolute atomic E-state index is 0.0184. The molecule has 1 aromatic rings. The molecular weight excluding hydrogens is 156 g/mol. The molecular formula is C8H8N2O2. The lowest BCUT2D eigenvalue weighted by Crippen LogP contribution is -2.06. The summed E-state index contributed by atoms with van der Waals surface area (Å²) in [6, 6.07) is 1.57. The zero-order chi connectivity index (χ0) is 8.97. The van der Waals surface area contributed by atoms with E-state index in [1.165, 1.54) is 4.68 Å². The van der Waals surface area contributed by atoms with Crippen LogP contribution in [0.4, 0.5) is 0 Å². The van der Waals surface area contributed by atoms with Gasteiger partial charge < -0.3 is 4.74 Å². The number of hydrogen-bond donors (Lipinski definition) is 0. The number of terminal acetylenes is 1. The Labute approximate surface area is 70.1 Å². The van der Waals surface area contributed by atoms with Gasteiger partial charge in [-0.15, -0.1) is 6.42 Å². The average molecular weight is 164 g/mol. The van der Waals surface area contributed by atoms with Crippen LogP contribution < -0.4 is 0 Å². The first-order valence-corrected chi connectivity index (χ1v) is 3.34. The van der Waals surface area contributed by atoms with Gasteiger partial charge in [-0.3, -0.25) is 4.68 Å². The van der Waals surface area contributed by atoms with Gasteiger partial charge in [0, 0.05) is 13.2 Å². The first-order valence-electron chi connectivity index (χ1n) is 3.34. The van der Waals surface area contributed by atoms with Gasteiger partial charge in [-0.05, 0) is 6.07 Å². The molecule has 0 unspecified atom stereocenters. The molecule has 0 bridgehead atoms. The van der Waals surface area contributed by atoms with Crippen molar-refractivity contribution in [2.24, 2.45) is 7.05 Å². The zero-order valence-corrected chi connectivity index (χ0v) is 6.65. The smallest absolute Gasteiger partial charge is 0.359 e. The first-order chi connectivity index (χ1) is 5.74. The third kappa shape index (κ3) is 1.86. The van der Waals surface area contributed by atoms with E-state index in [0.717, 1.165) is 0 Å². The van der Waals surface area contributed by atoms with Crippen LogP contribution in [0.2, 0.25) is 0 Å². The molecule has 0 aliphatic heterocycles. The zero-order valence-electron chi connectivity index (χ0n) is 6.65. The quantitative estimate of drug-likeness (QED) is 0.463. The standard InChI is InChI=1S/C8H8N2O2/c1-3-6-12-8(11)7-4-5-10(2)9-7/h1,4-5H,6H2,2H3. The Morgan fingerprint density at radius 2 is 2.67 bits per heavy atom. The Bertz CT molecular complexity index is 322. The lowest BCUT2D eigenvalue weighted by molar-refractivity contribution is 0.0549. The third-order valence-electron chi connectivity index (χ3n) is 1.21. The highest BCUT2D eigenvalue weighted by molar-refractivity contribution is 5.87. The second-order valence-electron chi connectivity index (χ2n) is 2.15. The lowest BCUT2D eigenvalue weighted by Gasteiger charge is -1.95. The molecule has 62 valence electrons. The molecule has 0 spiro atoms. The summed E-state index contributed by atoms with van der Waals surface area (Å²) >= 11 is 0. The van der Waals surface area contributed by atoms with Crippen molar-refractivity contribution in [3.05, 3.63) is 18.0 Å². The number of esters is 1. The summed E-state index contributed by atoms with van der Waals surface area (Å²) in [6.07, 6.45) is 6.57. The number of rotatable bonds is 2. The molecule has 0 aromatic carbocycles. The van der Waals surface area contributed by atoms with Gasteiger partial charge in [0.15, 0.2) is 12.3 Å². The van der Waals surface area contributed by atoms with E-state index in [-0.39, 0.29) is 12.3 Å². The monoisotopic (exact) mass is 164 g/mol. The molecule has 0 aliphatic carbocycles. The van der Waals surface area contributed by atoms with Gasteiger partial charge in [-0.1, -0.05) is 5.92 Å². The number of ether oxygens (including phenoxy) is 1. The highest BCUT2D eigenvalue weighted by atomic mass is 16.5. The number of carbonyl (C=O) groups excluding carboxylic acids is 1. The molecule has 0 saturated carbocycles. The summed E-state index contributed by atoms with van der Waals surface area (Å²) in [6.45, 7) is -0.0184. The molecule has 4 nitrogen and oxygen atoms in total. The van der Waals surface area contributed by atoms with Crippen LogP contribution in [0, 0.1) is 12.3 Å². The van der Waals surface area contributed by atoms with E-state index in [0.29, 0.717) is 0 Å². The fourth-order valence-corrected chi connectivity index (χ4v) is 0.705. The topological polar surface area (TPSA) is 44.1 Å². The fraction of sp³-hybridized carbons (Fsp3) is 0.250. The third-order valence-corrected chi connectivity index (χ3v) is 1.21. The van der Waals surface area contributed by atoms with Crippen LogP contribution in [0.5, 0.6) is 0 Å². The van der Waals surface area contributed by atoms with E-state index in [1.807, 2.05) is 0 Å². The van der Waals surface area contributed by atoms with E-state index in [1.54, 1.807) is 19.3 Å². The van der Waals surface area contributed by atoms with Gasteiger partial charge in [0.2, 0.25) is 0 Å². The lowest BCUT2D eigenvalue weighted by atomic mass is 10.4. The largest absolute Gasteiger partial charge is 0.448 e. The Morgan fingerprint density at radius 1 is 1.92 bits per heavy atom. The van der Waals surface area contributed by atoms with Crippen molar-refractivity contribution in [3.8, 4) is 12.3 Å². The minimum Gasteiger partial charge on any atom is -0.448 e. The number of hydrogen-bond acceptors (Lipinski definition) is 3. The van der Waals surface area contributed by atoms with E-state index < -0.39 is 5.97 Å². The molecule has 0 fully saturated rings. The number of aromatic nitrogens is 2. The van der Waals surface area contributed by atoms with Crippen molar-refractivity contribution < 1.29 is 9.53 Å². The van der Waals surface area contributed by atoms with Crippen LogP contribution in [0.3, 0.4) is 0 Å². The average Bonchev–Trinajstić information content (AvgIpc) is 2.47. The number of carbonyl (C=O) groups is 1. The summed E-state index contributed by atoms with van der Waals surface area (Å²) in [5.41, 5.74) is 0.271. The van der Waals surface area contributed by atoms with Gasteiger partial charge in [-0.2, -0.15) is 5.10 Å². The molecule has 1 aromatic heterocycles. The summed E-state index contributed by atoms with van der Waals surface area (Å²) < 4.78 is 6.16. The second-order valence-corrected chi connectivity index (χ2v) is 2.15. The molecule has 0 aliphatic rings. The van der Waals surface area contributed by atoms with Crippen molar-refractivity contribution in [1.82, 2.24) is 9.78 Å². The van der Waals surface area contributed by atoms with Gasteiger partial charge in [0.05, 0.1) is 0 Å². The molecule has 0 amide bonds. The molecule has 0 saturated heterocycles. The molecule has 4 heteroatoms. The Morgan fingerprint density at radius 3 is 3.17 bits per heavy atom. The fourth-order valence-electron chi connectivity index (χ4n) is 0.705. The first kappa shape index (κ1) is 8.34. The maximum atomic E-state index is 11.0. The molecule has 1 heterocycles. The Hall–Kier alpha value is -1.76. The molecule has 0 radical (unpaired) electrons. The molecule has 12 heavy (non-hydrogen) atoms. The Balaban J connectivity index is 2.61. The predicted molar refractivity (Wildman–Crippen MR) is 42.3 cm³/mol. The van der Waals surface area contributed by atoms with E-state index in [2.05, 4.69) is 15.8 Å². The SMILES string of the molecule is C#CCOC(=O)c1ccn(C)n1. The summed E-state index contributed by atoms with van der Waals surface area (Å²) in [5.74, 6) is 1.71. The van der Waals surface area contributed by atoms with Crippen molar-refractivity contribution in [2.75, 3.05) is 6.61 Å². The van der Waals surface area contributed by atoms with Gasteiger partial charge >= 0.3 is 5.97 Å². The number of aryl methyl sites for hydroxylation is 1. The van der Waals surface area contributed by atoms with Crippen LogP contribution in [0.25, 0.3) is 0 Å². The highest BCUT2D eigenvalue weighted by Crippen LogP contribution is 1.96. The van der Waals surface area contributed by atoms with Crippen molar-refractivity contribution in [2.45, 2.75) is 0 Å². The van der Waals surface area contributed by atoms with E-state index in [9.17, 15) is 4.79 Å². The Kier molecular flexibility index (Phi) is 2.49. The maximum Gasteiger partial charge on any atom is 0.359 e. The van der Waals surface area contributed by atoms with Crippen molar-refractivity contribution in [3.63, 3.8) is 0 Å². The van der Waals surface area contributed by atoms with E-state index in [4.69, 9.17) is 6.42 Å². The molecule has 0 atom stereocenters. The van der Waals surface area contributed by atoms with Gasteiger partial charge in [-0.25, -0.2) is 4.79 Å². The summed E-state index contributed by atoms with van der Waals surface area (Å²) in [7, 11) is 1.72. The van der Waals surface area contributed by atoms with E-state index >= 15 is 0 Å². The normalized spacial score (nSPS) is 9.00. The van der Waals surface area contributed by atoms with Crippen molar-refractivity contribution >= 4 is 5.97 Å². The molecule has 0 N–H and O–H groups in total. The highest BCUT2D eigenvalue weighted by Gasteiger charge is 2.08. The van der Waals surface area contributed by atoms with Crippen LogP contribution in [-0.4, -0.2) is 22.4 Å². The number of nitrogens with zero attached hydrogens (tertiary/aromatic N) is 2. The summed E-state index contributed by atoms with van der Waals surface area (Å²) in [4.78, 5) is 11.0. The van der Waals surface area contributed by atoms with Crippen LogP contribution in [-0.2, 0) is 11.8 Å². The van der Waals surface area contributed by atoms with Crippen LogP contribution in [0.1, 0.15) is 10.5 Å². The summed E-state index contributed by atoms with van der Waals surface area (Å²) in [5, 5.41) is 3.84. The van der Waals surface area contributed by atoms with Gasteiger partial charge in [0.1, 0.15) is 0 Å². The van der Waals surface area contributed by atoms with Crippen molar-refractivity contribution in [1.29, 1.82) is 0 Å². The predicted octanol–water partition coefficient (Wildman–Crippen LogP) is 0.210. The molecule has 1 rings (SSSR count). The maximum absolute atomic E-state index is 11.0. The van der Waals surface area contributed by atoms with Gasteiger partial charge in [0.25, 0.3) is 0 Å².